The molecule has 0 aromatic carbocycles. The fourth-order valence-electron chi connectivity index (χ4n) is 2.02. The molecule has 88 valence electrons. The summed E-state index contributed by atoms with van der Waals surface area (Å²) in [6.07, 6.45) is 4.62. The van der Waals surface area contributed by atoms with Crippen LogP contribution in [0.5, 0.6) is 0 Å². The van der Waals surface area contributed by atoms with Gasteiger partial charge < -0.3 is 0 Å². The maximum Gasteiger partial charge on any atom is 0.293 e. The number of hydroxylamine groups is 1. The molecule has 0 atom stereocenters. The van der Waals surface area contributed by atoms with Crippen molar-refractivity contribution in [1.29, 1.82) is 0 Å². The van der Waals surface area contributed by atoms with Crippen molar-refractivity contribution >= 4 is 5.91 Å². The molecule has 1 aromatic heterocycles. The fourth-order valence-corrected chi connectivity index (χ4v) is 2.02. The lowest BCUT2D eigenvalue weighted by molar-refractivity contribution is -0.0130. The maximum atomic E-state index is 11.7. The van der Waals surface area contributed by atoms with Crippen LogP contribution in [0.15, 0.2) is 6.07 Å². The summed E-state index contributed by atoms with van der Waals surface area (Å²) in [6.45, 7) is 1.86. The molecule has 2 rings (SSSR count). The molecule has 0 unspecified atom stereocenters. The molecule has 0 spiro atoms. The normalized spacial score (nSPS) is 16.6. The van der Waals surface area contributed by atoms with Crippen LogP contribution in [0, 0.1) is 6.92 Å². The van der Waals surface area contributed by atoms with E-state index < -0.39 is 0 Å². The van der Waals surface area contributed by atoms with Crippen molar-refractivity contribution in [3.63, 3.8) is 0 Å². The summed E-state index contributed by atoms with van der Waals surface area (Å²) < 4.78 is 1.56. The number of nitrogens with one attached hydrogen (secondary N) is 1. The van der Waals surface area contributed by atoms with E-state index in [0.717, 1.165) is 18.5 Å². The van der Waals surface area contributed by atoms with E-state index in [1.54, 1.807) is 17.8 Å². The van der Waals surface area contributed by atoms with Gasteiger partial charge in [0.1, 0.15) is 5.69 Å². The van der Waals surface area contributed by atoms with E-state index in [4.69, 9.17) is 4.84 Å². The number of nitrogens with zero attached hydrogens (tertiary/aromatic N) is 2. The van der Waals surface area contributed by atoms with Gasteiger partial charge in [0.2, 0.25) is 0 Å². The van der Waals surface area contributed by atoms with Crippen molar-refractivity contribution < 1.29 is 9.63 Å². The van der Waals surface area contributed by atoms with Gasteiger partial charge in [0.15, 0.2) is 0 Å². The number of rotatable bonds is 3. The first kappa shape index (κ1) is 11.1. The van der Waals surface area contributed by atoms with Crippen LogP contribution in [0.2, 0.25) is 0 Å². The Labute approximate surface area is 94.7 Å². The zero-order valence-corrected chi connectivity index (χ0v) is 9.69. The zero-order valence-electron chi connectivity index (χ0n) is 9.69. The number of aryl methyl sites for hydroxylation is 2. The lowest BCUT2D eigenvalue weighted by atomic mass is 10.3. The van der Waals surface area contributed by atoms with E-state index in [-0.39, 0.29) is 12.0 Å². The Kier molecular flexibility index (Phi) is 3.24. The Morgan fingerprint density at radius 2 is 2.25 bits per heavy atom. The number of carbonyl (C=O) groups is 1. The summed E-state index contributed by atoms with van der Waals surface area (Å²) in [5.41, 5.74) is 3.85. The molecule has 1 N–H and O–H groups in total. The Morgan fingerprint density at radius 3 is 2.81 bits per heavy atom. The Hall–Kier alpha value is -1.36. The van der Waals surface area contributed by atoms with Crippen LogP contribution in [-0.4, -0.2) is 21.8 Å². The van der Waals surface area contributed by atoms with Crippen molar-refractivity contribution in [1.82, 2.24) is 15.3 Å². The van der Waals surface area contributed by atoms with Gasteiger partial charge in [-0.25, -0.2) is 5.48 Å². The van der Waals surface area contributed by atoms with Crippen molar-refractivity contribution in [3.05, 3.63) is 17.5 Å². The summed E-state index contributed by atoms with van der Waals surface area (Å²) in [5, 5.41) is 4.11. The van der Waals surface area contributed by atoms with Crippen molar-refractivity contribution in [2.75, 3.05) is 0 Å². The van der Waals surface area contributed by atoms with Gasteiger partial charge in [0.25, 0.3) is 5.91 Å². The Balaban J connectivity index is 1.90. The third-order valence-corrected chi connectivity index (χ3v) is 2.86. The second-order valence-corrected chi connectivity index (χ2v) is 4.25. The van der Waals surface area contributed by atoms with Gasteiger partial charge in [-0.2, -0.15) is 5.10 Å². The van der Waals surface area contributed by atoms with Crippen molar-refractivity contribution in [2.45, 2.75) is 38.7 Å². The average Bonchev–Trinajstić information content (AvgIpc) is 2.84. The van der Waals surface area contributed by atoms with Gasteiger partial charge >= 0.3 is 0 Å². The Morgan fingerprint density at radius 1 is 1.56 bits per heavy atom. The van der Waals surface area contributed by atoms with Crippen LogP contribution >= 0.6 is 0 Å². The van der Waals surface area contributed by atoms with Gasteiger partial charge in [-0.1, -0.05) is 12.8 Å². The lowest BCUT2D eigenvalue weighted by Crippen LogP contribution is -2.29. The number of aromatic nitrogens is 2. The highest BCUT2D eigenvalue weighted by molar-refractivity contribution is 5.91. The van der Waals surface area contributed by atoms with Gasteiger partial charge in [-0.15, -0.1) is 0 Å². The van der Waals surface area contributed by atoms with Gasteiger partial charge in [0.05, 0.1) is 11.8 Å². The van der Waals surface area contributed by atoms with Crippen molar-refractivity contribution in [2.24, 2.45) is 7.05 Å². The van der Waals surface area contributed by atoms with Crippen LogP contribution in [0.3, 0.4) is 0 Å². The SMILES string of the molecule is Cc1cc(C(=O)NOC2CCCC2)n(C)n1. The average molecular weight is 223 g/mol. The number of amides is 1. The van der Waals surface area contributed by atoms with E-state index in [0.29, 0.717) is 5.69 Å². The summed E-state index contributed by atoms with van der Waals surface area (Å²) in [5.74, 6) is -0.227. The van der Waals surface area contributed by atoms with E-state index in [1.165, 1.54) is 12.8 Å². The monoisotopic (exact) mass is 223 g/mol. The first-order valence-corrected chi connectivity index (χ1v) is 5.63. The number of hydrogen-bond acceptors (Lipinski definition) is 3. The molecule has 1 aromatic rings. The van der Waals surface area contributed by atoms with E-state index >= 15 is 0 Å². The molecular weight excluding hydrogens is 206 g/mol. The smallest absolute Gasteiger partial charge is 0.270 e. The molecule has 1 saturated carbocycles. The highest BCUT2D eigenvalue weighted by Gasteiger charge is 2.18. The molecule has 1 aliphatic carbocycles. The van der Waals surface area contributed by atoms with E-state index in [9.17, 15) is 4.79 Å². The second kappa shape index (κ2) is 4.65. The molecule has 5 heteroatoms. The topological polar surface area (TPSA) is 56.1 Å². The molecule has 1 fully saturated rings. The molecular formula is C11H17N3O2. The Bertz CT molecular complexity index is 381. The van der Waals surface area contributed by atoms with Gasteiger partial charge in [-0.05, 0) is 25.8 Å². The first-order valence-electron chi connectivity index (χ1n) is 5.63. The molecule has 16 heavy (non-hydrogen) atoms. The third-order valence-electron chi connectivity index (χ3n) is 2.86. The molecule has 0 aliphatic heterocycles. The third kappa shape index (κ3) is 2.41. The summed E-state index contributed by atoms with van der Waals surface area (Å²) in [7, 11) is 1.75. The molecule has 0 saturated heterocycles. The predicted molar refractivity (Wildman–Crippen MR) is 58.8 cm³/mol. The number of hydrogen-bond donors (Lipinski definition) is 1. The molecule has 1 amide bonds. The largest absolute Gasteiger partial charge is 0.293 e. The molecule has 1 aliphatic rings. The van der Waals surface area contributed by atoms with Crippen LogP contribution < -0.4 is 5.48 Å². The molecule has 1 heterocycles. The first-order chi connectivity index (χ1) is 7.66. The van der Waals surface area contributed by atoms with Crippen molar-refractivity contribution in [3.8, 4) is 0 Å². The van der Waals surface area contributed by atoms with Crippen LogP contribution in [-0.2, 0) is 11.9 Å². The molecule has 0 radical (unpaired) electrons. The predicted octanol–water partition coefficient (Wildman–Crippen LogP) is 1.33. The van der Waals surface area contributed by atoms with Gasteiger partial charge in [0, 0.05) is 7.05 Å². The highest BCUT2D eigenvalue weighted by Crippen LogP contribution is 2.19. The van der Waals surface area contributed by atoms with Crippen LogP contribution in [0.25, 0.3) is 0 Å². The minimum atomic E-state index is -0.227. The molecule has 5 nitrogen and oxygen atoms in total. The van der Waals surface area contributed by atoms with Crippen LogP contribution in [0.4, 0.5) is 0 Å². The van der Waals surface area contributed by atoms with E-state index in [1.807, 2.05) is 6.92 Å². The quantitative estimate of drug-likeness (QED) is 0.786. The minimum absolute atomic E-state index is 0.179. The zero-order chi connectivity index (χ0) is 11.5. The second-order valence-electron chi connectivity index (χ2n) is 4.25. The summed E-state index contributed by atoms with van der Waals surface area (Å²) >= 11 is 0. The summed E-state index contributed by atoms with van der Waals surface area (Å²) in [6, 6.07) is 1.74. The van der Waals surface area contributed by atoms with E-state index in [2.05, 4.69) is 10.6 Å². The standard InChI is InChI=1S/C11H17N3O2/c1-8-7-10(14(2)12-8)11(15)13-16-9-5-3-4-6-9/h7,9H,3-6H2,1-2H3,(H,13,15). The maximum absolute atomic E-state index is 11.7. The molecule has 0 bridgehead atoms. The lowest BCUT2D eigenvalue weighted by Gasteiger charge is -2.11. The fraction of sp³-hybridized carbons (Fsp3) is 0.636. The summed E-state index contributed by atoms with van der Waals surface area (Å²) in [4.78, 5) is 17.1. The minimum Gasteiger partial charge on any atom is -0.270 e. The van der Waals surface area contributed by atoms with Gasteiger partial charge in [-0.3, -0.25) is 14.3 Å². The van der Waals surface area contributed by atoms with Crippen LogP contribution in [0.1, 0.15) is 41.9 Å². The highest BCUT2D eigenvalue weighted by atomic mass is 16.7. The number of carbonyl (C=O) groups excluding carboxylic acids is 1.